The highest BCUT2D eigenvalue weighted by molar-refractivity contribution is 6.19. The second kappa shape index (κ2) is 10.5. The number of aromatic nitrogens is 2. The summed E-state index contributed by atoms with van der Waals surface area (Å²) >= 11 is 0. The summed E-state index contributed by atoms with van der Waals surface area (Å²) in [6.07, 6.45) is 1.93. The molecule has 3 heteroatoms. The lowest BCUT2D eigenvalue weighted by Crippen LogP contribution is -2.16. The van der Waals surface area contributed by atoms with Gasteiger partial charge in [0.25, 0.3) is 0 Å². The number of fused-ring (bicyclic) bond motifs is 5. The SMILES string of the molecule is c1ccc(-c2ccnc(N3c4cc5c(cc4-c4cccc6cccc3c46)c3cc(-c4ccccc4)ccc3n5-c3ccccc3)c2)cc1. The van der Waals surface area contributed by atoms with Gasteiger partial charge in [-0.2, -0.15) is 0 Å². The molecule has 9 aromatic rings. The molecule has 2 aromatic heterocycles. The summed E-state index contributed by atoms with van der Waals surface area (Å²) in [6.45, 7) is 0. The van der Waals surface area contributed by atoms with E-state index in [-0.39, 0.29) is 0 Å². The highest BCUT2D eigenvalue weighted by Crippen LogP contribution is 2.53. The number of rotatable bonds is 4. The minimum Gasteiger partial charge on any atom is -0.309 e. The van der Waals surface area contributed by atoms with Crippen LogP contribution in [-0.4, -0.2) is 9.55 Å². The van der Waals surface area contributed by atoms with Crippen molar-refractivity contribution in [1.82, 2.24) is 9.55 Å². The van der Waals surface area contributed by atoms with Crippen LogP contribution >= 0.6 is 0 Å². The Balaban J connectivity index is 1.31. The van der Waals surface area contributed by atoms with Crippen LogP contribution in [0, 0.1) is 0 Å². The molecule has 0 radical (unpaired) electrons. The molecule has 0 saturated carbocycles. The lowest BCUT2D eigenvalue weighted by Gasteiger charge is -2.33. The second-order valence-corrected chi connectivity index (χ2v) is 12.4. The third-order valence-corrected chi connectivity index (χ3v) is 9.74. The molecule has 10 rings (SSSR count). The van der Waals surface area contributed by atoms with E-state index in [4.69, 9.17) is 4.98 Å². The Morgan fingerprint density at radius 2 is 1.08 bits per heavy atom. The maximum absolute atomic E-state index is 5.02. The van der Waals surface area contributed by atoms with Crippen molar-refractivity contribution in [2.75, 3.05) is 4.90 Å². The number of benzene rings is 7. The molecular formula is C45H29N3. The number of anilines is 3. The van der Waals surface area contributed by atoms with E-state index in [0.717, 1.165) is 34.0 Å². The number of hydrogen-bond donors (Lipinski definition) is 0. The summed E-state index contributed by atoms with van der Waals surface area (Å²) in [4.78, 5) is 7.38. The van der Waals surface area contributed by atoms with Crippen LogP contribution in [-0.2, 0) is 0 Å². The van der Waals surface area contributed by atoms with Crippen molar-refractivity contribution in [3.8, 4) is 39.1 Å². The van der Waals surface area contributed by atoms with Gasteiger partial charge in [-0.3, -0.25) is 4.90 Å². The molecule has 224 valence electrons. The van der Waals surface area contributed by atoms with Gasteiger partial charge in [0.15, 0.2) is 0 Å². The van der Waals surface area contributed by atoms with Crippen LogP contribution in [0.4, 0.5) is 17.2 Å². The fraction of sp³-hybridized carbons (Fsp3) is 0. The zero-order valence-corrected chi connectivity index (χ0v) is 26.1. The van der Waals surface area contributed by atoms with Crippen molar-refractivity contribution in [2.45, 2.75) is 0 Å². The van der Waals surface area contributed by atoms with Gasteiger partial charge in [-0.15, -0.1) is 0 Å². The van der Waals surface area contributed by atoms with E-state index < -0.39 is 0 Å². The van der Waals surface area contributed by atoms with Crippen LogP contribution in [0.25, 0.3) is 71.6 Å². The summed E-state index contributed by atoms with van der Waals surface area (Å²) in [5.74, 6) is 0.896. The smallest absolute Gasteiger partial charge is 0.138 e. The predicted octanol–water partition coefficient (Wildman–Crippen LogP) is 12.1. The Labute approximate surface area is 278 Å². The van der Waals surface area contributed by atoms with Gasteiger partial charge in [0.05, 0.1) is 22.4 Å². The average Bonchev–Trinajstić information content (AvgIpc) is 3.48. The zero-order chi connectivity index (χ0) is 31.6. The third-order valence-electron chi connectivity index (χ3n) is 9.74. The number of pyridine rings is 1. The summed E-state index contributed by atoms with van der Waals surface area (Å²) in [7, 11) is 0. The minimum atomic E-state index is 0.896. The highest BCUT2D eigenvalue weighted by Gasteiger charge is 2.29. The second-order valence-electron chi connectivity index (χ2n) is 12.4. The van der Waals surface area contributed by atoms with Crippen molar-refractivity contribution in [2.24, 2.45) is 0 Å². The molecule has 48 heavy (non-hydrogen) atoms. The summed E-state index contributed by atoms with van der Waals surface area (Å²) in [5, 5.41) is 4.93. The van der Waals surface area contributed by atoms with Gasteiger partial charge in [0.1, 0.15) is 5.82 Å². The molecule has 0 unspecified atom stereocenters. The van der Waals surface area contributed by atoms with E-state index in [2.05, 4.69) is 179 Å². The van der Waals surface area contributed by atoms with Gasteiger partial charge in [-0.25, -0.2) is 4.98 Å². The first-order chi connectivity index (χ1) is 23.8. The summed E-state index contributed by atoms with van der Waals surface area (Å²) in [5.41, 5.74) is 12.9. The predicted molar refractivity (Wildman–Crippen MR) is 201 cm³/mol. The topological polar surface area (TPSA) is 21.1 Å². The van der Waals surface area contributed by atoms with Crippen molar-refractivity contribution in [1.29, 1.82) is 0 Å². The standard InChI is InChI=1S/C45H29N3/c1-4-12-30(13-5-1)33-22-23-40-37(26-33)39-28-38-36-20-10-16-32-17-11-21-41(45(32)36)48(43(38)29-42(39)47(40)35-18-8-3-9-19-35)44-27-34(24-25-46-44)31-14-6-2-7-15-31/h1-29H. The molecule has 1 aliphatic rings. The maximum Gasteiger partial charge on any atom is 0.138 e. The Kier molecular flexibility index (Phi) is 5.87. The summed E-state index contributed by atoms with van der Waals surface area (Å²) in [6, 6.07) is 61.2. The van der Waals surface area contributed by atoms with E-state index in [9.17, 15) is 0 Å². The Bertz CT molecular complexity index is 2650. The monoisotopic (exact) mass is 611 g/mol. The van der Waals surface area contributed by atoms with Crippen molar-refractivity contribution < 1.29 is 0 Å². The van der Waals surface area contributed by atoms with Crippen molar-refractivity contribution >= 4 is 49.8 Å². The maximum atomic E-state index is 5.02. The van der Waals surface area contributed by atoms with Gasteiger partial charge in [0, 0.05) is 33.6 Å². The lowest BCUT2D eigenvalue weighted by molar-refractivity contribution is 1.16. The number of para-hydroxylation sites is 1. The van der Waals surface area contributed by atoms with Gasteiger partial charge in [-0.1, -0.05) is 115 Å². The molecule has 3 nitrogen and oxygen atoms in total. The molecule has 0 fully saturated rings. The Morgan fingerprint density at radius 3 is 1.83 bits per heavy atom. The first kappa shape index (κ1) is 26.7. The number of nitrogens with zero attached hydrogens (tertiary/aromatic N) is 3. The molecule has 0 bridgehead atoms. The molecule has 0 N–H and O–H groups in total. The highest BCUT2D eigenvalue weighted by atomic mass is 15.2. The van der Waals surface area contributed by atoms with Crippen molar-refractivity contribution in [3.05, 3.63) is 176 Å². The van der Waals surface area contributed by atoms with E-state index in [1.807, 2.05) is 6.20 Å². The van der Waals surface area contributed by atoms with Crippen LogP contribution in [0.2, 0.25) is 0 Å². The first-order valence-corrected chi connectivity index (χ1v) is 16.4. The van der Waals surface area contributed by atoms with Gasteiger partial charge < -0.3 is 4.57 Å². The zero-order valence-electron chi connectivity index (χ0n) is 26.1. The van der Waals surface area contributed by atoms with Crippen molar-refractivity contribution in [3.63, 3.8) is 0 Å². The molecule has 7 aromatic carbocycles. The minimum absolute atomic E-state index is 0.896. The van der Waals surface area contributed by atoms with Gasteiger partial charge in [-0.05, 0) is 87.8 Å². The molecule has 3 heterocycles. The third kappa shape index (κ3) is 4.04. The Morgan fingerprint density at radius 1 is 0.417 bits per heavy atom. The Hall–Kier alpha value is -6.45. The van der Waals surface area contributed by atoms with E-state index in [0.29, 0.717) is 0 Å². The number of hydrogen-bond acceptors (Lipinski definition) is 2. The quantitative estimate of drug-likeness (QED) is 0.197. The molecule has 0 spiro atoms. The molecule has 1 aliphatic heterocycles. The van der Waals surface area contributed by atoms with Crippen LogP contribution in [0.15, 0.2) is 176 Å². The van der Waals surface area contributed by atoms with E-state index >= 15 is 0 Å². The molecular weight excluding hydrogens is 583 g/mol. The molecule has 0 amide bonds. The van der Waals surface area contributed by atoms with Crippen LogP contribution in [0.3, 0.4) is 0 Å². The summed E-state index contributed by atoms with van der Waals surface area (Å²) < 4.78 is 2.41. The largest absolute Gasteiger partial charge is 0.309 e. The first-order valence-electron chi connectivity index (χ1n) is 16.4. The van der Waals surface area contributed by atoms with Crippen LogP contribution < -0.4 is 4.90 Å². The lowest BCUT2D eigenvalue weighted by atomic mass is 9.90. The molecule has 0 aliphatic carbocycles. The van der Waals surface area contributed by atoms with Gasteiger partial charge >= 0.3 is 0 Å². The molecule has 0 saturated heterocycles. The van der Waals surface area contributed by atoms with Crippen LogP contribution in [0.1, 0.15) is 0 Å². The average molecular weight is 612 g/mol. The van der Waals surface area contributed by atoms with Crippen LogP contribution in [0.5, 0.6) is 0 Å². The molecule has 0 atom stereocenters. The normalized spacial score (nSPS) is 12.1. The fourth-order valence-corrected chi connectivity index (χ4v) is 7.58. The van der Waals surface area contributed by atoms with E-state index in [1.54, 1.807) is 0 Å². The van der Waals surface area contributed by atoms with E-state index in [1.165, 1.54) is 54.9 Å². The van der Waals surface area contributed by atoms with Gasteiger partial charge in [0.2, 0.25) is 0 Å². The fourth-order valence-electron chi connectivity index (χ4n) is 7.58.